The predicted molar refractivity (Wildman–Crippen MR) is 60.3 cm³/mol. The van der Waals surface area contributed by atoms with Crippen LogP contribution < -0.4 is 20.5 Å². The third-order valence-corrected chi connectivity index (χ3v) is 2.06. The summed E-state index contributed by atoms with van der Waals surface area (Å²) in [4.78, 5) is 0. The van der Waals surface area contributed by atoms with Gasteiger partial charge in [-0.15, -0.1) is 0 Å². The molecule has 0 unspecified atom stereocenters. The van der Waals surface area contributed by atoms with Crippen molar-refractivity contribution >= 4 is 0 Å². The molecular formula is C11H18N2O2. The molecule has 0 aliphatic carbocycles. The average Bonchev–Trinajstić information content (AvgIpc) is 2.29. The van der Waals surface area contributed by atoms with E-state index >= 15 is 0 Å². The van der Waals surface area contributed by atoms with Gasteiger partial charge in [-0.1, -0.05) is 0 Å². The maximum atomic E-state index is 5.39. The first-order chi connectivity index (χ1) is 7.30. The molecule has 15 heavy (non-hydrogen) atoms. The highest BCUT2D eigenvalue weighted by Crippen LogP contribution is 2.22. The Hall–Kier alpha value is -1.26. The highest BCUT2D eigenvalue weighted by atomic mass is 16.5. The lowest BCUT2D eigenvalue weighted by atomic mass is 10.2. The number of methoxy groups -OCH3 is 2. The second kappa shape index (κ2) is 6.27. The van der Waals surface area contributed by atoms with E-state index in [-0.39, 0.29) is 0 Å². The van der Waals surface area contributed by atoms with Crippen LogP contribution in [0.3, 0.4) is 0 Å². The fourth-order valence-corrected chi connectivity index (χ4v) is 1.30. The standard InChI is InChI=1S/C11H18N2O2/c1-14-10-5-9(8-13-4-3-12)6-11(7-10)15-2/h5-7,13H,3-4,8,12H2,1-2H3. The van der Waals surface area contributed by atoms with Gasteiger partial charge < -0.3 is 20.5 Å². The lowest BCUT2D eigenvalue weighted by Crippen LogP contribution is -2.21. The minimum Gasteiger partial charge on any atom is -0.497 e. The van der Waals surface area contributed by atoms with Crippen molar-refractivity contribution < 1.29 is 9.47 Å². The Bertz CT molecular complexity index is 280. The summed E-state index contributed by atoms with van der Waals surface area (Å²) in [5.74, 6) is 1.61. The van der Waals surface area contributed by atoms with Crippen LogP contribution in [-0.2, 0) is 6.54 Å². The Morgan fingerprint density at radius 3 is 2.20 bits per heavy atom. The van der Waals surface area contributed by atoms with Crippen LogP contribution in [0.1, 0.15) is 5.56 Å². The molecule has 0 spiro atoms. The Morgan fingerprint density at radius 2 is 1.73 bits per heavy atom. The fourth-order valence-electron chi connectivity index (χ4n) is 1.30. The molecule has 0 saturated heterocycles. The van der Waals surface area contributed by atoms with Crippen molar-refractivity contribution in [1.82, 2.24) is 5.32 Å². The number of hydrogen-bond acceptors (Lipinski definition) is 4. The zero-order chi connectivity index (χ0) is 11.1. The van der Waals surface area contributed by atoms with Crippen molar-refractivity contribution in [3.63, 3.8) is 0 Å². The topological polar surface area (TPSA) is 56.5 Å². The largest absolute Gasteiger partial charge is 0.497 e. The lowest BCUT2D eigenvalue weighted by Gasteiger charge is -2.08. The number of ether oxygens (including phenoxy) is 2. The third-order valence-electron chi connectivity index (χ3n) is 2.06. The summed E-state index contributed by atoms with van der Waals surface area (Å²) >= 11 is 0. The van der Waals surface area contributed by atoms with Crippen molar-refractivity contribution in [2.24, 2.45) is 5.73 Å². The quantitative estimate of drug-likeness (QED) is 0.680. The van der Waals surface area contributed by atoms with Gasteiger partial charge in [0.05, 0.1) is 14.2 Å². The summed E-state index contributed by atoms with van der Waals surface area (Å²) in [6.07, 6.45) is 0. The number of nitrogens with one attached hydrogen (secondary N) is 1. The zero-order valence-corrected chi connectivity index (χ0v) is 9.25. The second-order valence-corrected chi connectivity index (χ2v) is 3.19. The van der Waals surface area contributed by atoms with Gasteiger partial charge in [-0.05, 0) is 17.7 Å². The number of rotatable bonds is 6. The summed E-state index contributed by atoms with van der Waals surface area (Å²) in [7, 11) is 3.29. The molecule has 3 N–H and O–H groups in total. The monoisotopic (exact) mass is 210 g/mol. The highest BCUT2D eigenvalue weighted by molar-refractivity contribution is 5.38. The Morgan fingerprint density at radius 1 is 1.13 bits per heavy atom. The molecule has 1 aromatic rings. The van der Waals surface area contributed by atoms with Gasteiger partial charge in [-0.2, -0.15) is 0 Å². The van der Waals surface area contributed by atoms with Crippen LogP contribution in [0.2, 0.25) is 0 Å². The van der Waals surface area contributed by atoms with Crippen LogP contribution in [0.25, 0.3) is 0 Å². The SMILES string of the molecule is COc1cc(CNCCN)cc(OC)c1. The summed E-state index contributed by atoms with van der Waals surface area (Å²) in [5.41, 5.74) is 6.52. The molecule has 0 heterocycles. The summed E-state index contributed by atoms with van der Waals surface area (Å²) in [6, 6.07) is 5.81. The van der Waals surface area contributed by atoms with Crippen molar-refractivity contribution in [3.05, 3.63) is 23.8 Å². The fraction of sp³-hybridized carbons (Fsp3) is 0.455. The van der Waals surface area contributed by atoms with Gasteiger partial charge in [0.2, 0.25) is 0 Å². The average molecular weight is 210 g/mol. The molecule has 0 amide bonds. The van der Waals surface area contributed by atoms with Crippen LogP contribution in [0.5, 0.6) is 11.5 Å². The second-order valence-electron chi connectivity index (χ2n) is 3.19. The molecule has 84 valence electrons. The third kappa shape index (κ3) is 3.77. The molecule has 4 nitrogen and oxygen atoms in total. The van der Waals surface area contributed by atoms with Crippen molar-refractivity contribution in [1.29, 1.82) is 0 Å². The van der Waals surface area contributed by atoms with Crippen LogP contribution in [0, 0.1) is 0 Å². The van der Waals surface area contributed by atoms with E-state index in [0.29, 0.717) is 6.54 Å². The minimum atomic E-state index is 0.640. The van der Waals surface area contributed by atoms with E-state index in [9.17, 15) is 0 Å². The van der Waals surface area contributed by atoms with Crippen LogP contribution >= 0.6 is 0 Å². The molecule has 0 bridgehead atoms. The van der Waals surface area contributed by atoms with E-state index in [1.165, 1.54) is 0 Å². The summed E-state index contributed by atoms with van der Waals surface area (Å²) in [6.45, 7) is 2.21. The van der Waals surface area contributed by atoms with Crippen LogP contribution in [-0.4, -0.2) is 27.3 Å². The normalized spacial score (nSPS) is 10.1. The van der Waals surface area contributed by atoms with Gasteiger partial charge in [0.1, 0.15) is 11.5 Å². The van der Waals surface area contributed by atoms with E-state index < -0.39 is 0 Å². The van der Waals surface area contributed by atoms with Crippen molar-refractivity contribution in [2.45, 2.75) is 6.54 Å². The molecule has 1 rings (SSSR count). The first-order valence-corrected chi connectivity index (χ1v) is 4.93. The molecule has 4 heteroatoms. The van der Waals surface area contributed by atoms with Gasteiger partial charge in [0.15, 0.2) is 0 Å². The molecule has 0 fully saturated rings. The number of nitrogens with two attached hydrogens (primary N) is 1. The Kier molecular flexibility index (Phi) is 4.93. The first kappa shape index (κ1) is 11.8. The predicted octanol–water partition coefficient (Wildman–Crippen LogP) is 0.752. The van der Waals surface area contributed by atoms with E-state index in [0.717, 1.165) is 30.2 Å². The molecule has 0 atom stereocenters. The van der Waals surface area contributed by atoms with E-state index in [2.05, 4.69) is 5.32 Å². The first-order valence-electron chi connectivity index (χ1n) is 4.93. The Balaban J connectivity index is 2.68. The van der Waals surface area contributed by atoms with Gasteiger partial charge in [-0.3, -0.25) is 0 Å². The molecule has 0 saturated carbocycles. The van der Waals surface area contributed by atoms with Gasteiger partial charge in [-0.25, -0.2) is 0 Å². The Labute approximate surface area is 90.4 Å². The maximum Gasteiger partial charge on any atom is 0.122 e. The molecule has 0 aromatic heterocycles. The van der Waals surface area contributed by atoms with Crippen LogP contribution in [0.15, 0.2) is 18.2 Å². The van der Waals surface area contributed by atoms with Crippen LogP contribution in [0.4, 0.5) is 0 Å². The molecule has 0 aliphatic rings. The molecular weight excluding hydrogens is 192 g/mol. The highest BCUT2D eigenvalue weighted by Gasteiger charge is 2.00. The minimum absolute atomic E-state index is 0.640. The summed E-state index contributed by atoms with van der Waals surface area (Å²) < 4.78 is 10.3. The lowest BCUT2D eigenvalue weighted by molar-refractivity contribution is 0.393. The van der Waals surface area contributed by atoms with Gasteiger partial charge in [0, 0.05) is 25.7 Å². The van der Waals surface area contributed by atoms with Gasteiger partial charge in [0.25, 0.3) is 0 Å². The van der Waals surface area contributed by atoms with Crippen molar-refractivity contribution in [2.75, 3.05) is 27.3 Å². The van der Waals surface area contributed by atoms with Gasteiger partial charge >= 0.3 is 0 Å². The smallest absolute Gasteiger partial charge is 0.122 e. The number of hydrogen-bond donors (Lipinski definition) is 2. The number of benzene rings is 1. The van der Waals surface area contributed by atoms with E-state index in [1.54, 1.807) is 14.2 Å². The molecule has 0 aliphatic heterocycles. The maximum absolute atomic E-state index is 5.39. The molecule has 0 radical (unpaired) electrons. The summed E-state index contributed by atoms with van der Waals surface area (Å²) in [5, 5.41) is 3.22. The zero-order valence-electron chi connectivity index (χ0n) is 9.25. The van der Waals surface area contributed by atoms with E-state index in [4.69, 9.17) is 15.2 Å². The van der Waals surface area contributed by atoms with E-state index in [1.807, 2.05) is 18.2 Å². The van der Waals surface area contributed by atoms with Crippen molar-refractivity contribution in [3.8, 4) is 11.5 Å². The molecule has 1 aromatic carbocycles.